The molecule has 0 amide bonds. The van der Waals surface area contributed by atoms with Crippen LogP contribution in [-0.4, -0.2) is 72.6 Å². The van der Waals surface area contributed by atoms with Crippen LogP contribution in [0.25, 0.3) is 0 Å². The lowest BCUT2D eigenvalue weighted by atomic mass is 9.80. The lowest BCUT2D eigenvalue weighted by molar-refractivity contribution is -0.469. The molecule has 0 aliphatic carbocycles. The van der Waals surface area contributed by atoms with E-state index in [9.17, 15) is 97.0 Å². The summed E-state index contributed by atoms with van der Waals surface area (Å²) in [6, 6.07) is 0. The summed E-state index contributed by atoms with van der Waals surface area (Å²) in [5.41, 5.74) is -11.3. The second-order valence-corrected chi connectivity index (χ2v) is 6.64. The minimum atomic E-state index is -9.25. The summed E-state index contributed by atoms with van der Waals surface area (Å²) in [6.07, 6.45) is -15.8. The largest absolute Gasteiger partial charge is 0.466 e. The topological polar surface area (TPSA) is 26.3 Å². The van der Waals surface area contributed by atoms with Crippen molar-refractivity contribution in [3.8, 4) is 0 Å². The predicted octanol–water partition coefficient (Wildman–Crippen LogP) is 7.00. The number of rotatable bonds is 9. The Morgan fingerprint density at radius 1 is 0.459 bits per heavy atom. The molecule has 23 heteroatoms. The van der Waals surface area contributed by atoms with Gasteiger partial charge < -0.3 is 4.74 Å². The Labute approximate surface area is 188 Å². The molecule has 1 atom stereocenters. The third-order valence-electron chi connectivity index (χ3n) is 4.39. The highest BCUT2D eigenvalue weighted by Gasteiger charge is 2.98. The summed E-state index contributed by atoms with van der Waals surface area (Å²) >= 11 is 0. The van der Waals surface area contributed by atoms with Crippen LogP contribution >= 0.6 is 0 Å². The SMILES string of the molecule is C=C(C(=O)OC)C(F)(C(F)(F)F)C(F)(F)C(F)(F)C(F)(F)C(F)(F)C(F)(F)C(F)(F)C(F)(F)C(F)(F)F. The molecular formula is C14H5F21O2. The van der Waals surface area contributed by atoms with Gasteiger partial charge in [0.05, 0.1) is 12.7 Å². The van der Waals surface area contributed by atoms with E-state index in [0.29, 0.717) is 0 Å². The standard InChI is InChI=1S/C14H5F21O2/c1-3(4(36)37-2)5(15,13(30,31)32)6(16,17)7(18,19)8(20,21)9(22,23)10(24,25)11(26,27)12(28,29)14(33,34)35/h1H2,2H3. The summed E-state index contributed by atoms with van der Waals surface area (Å²) in [5.74, 6) is -65.9. The highest BCUT2D eigenvalue weighted by Crippen LogP contribution is 2.66. The van der Waals surface area contributed by atoms with Gasteiger partial charge in [-0.15, -0.1) is 0 Å². The Morgan fingerprint density at radius 3 is 0.919 bits per heavy atom. The first-order valence-electron chi connectivity index (χ1n) is 7.89. The fourth-order valence-corrected chi connectivity index (χ4v) is 2.18. The number of carbonyl (C=O) groups is 1. The first kappa shape index (κ1) is 34.7. The van der Waals surface area contributed by atoms with Crippen molar-refractivity contribution >= 4 is 5.97 Å². The van der Waals surface area contributed by atoms with Crippen molar-refractivity contribution in [1.82, 2.24) is 0 Å². The monoisotopic (exact) mass is 604 g/mol. The van der Waals surface area contributed by atoms with Crippen molar-refractivity contribution in [3.63, 3.8) is 0 Å². The average molecular weight is 604 g/mol. The molecule has 0 spiro atoms. The van der Waals surface area contributed by atoms with E-state index in [1.165, 1.54) is 6.58 Å². The highest BCUT2D eigenvalue weighted by molar-refractivity contribution is 5.90. The van der Waals surface area contributed by atoms with Crippen LogP contribution in [0, 0.1) is 0 Å². The zero-order chi connectivity index (χ0) is 30.9. The molecule has 0 heterocycles. The van der Waals surface area contributed by atoms with Crippen LogP contribution in [0.5, 0.6) is 0 Å². The zero-order valence-electron chi connectivity index (χ0n) is 16.5. The van der Waals surface area contributed by atoms with Gasteiger partial charge >= 0.3 is 65.4 Å². The van der Waals surface area contributed by atoms with Gasteiger partial charge in [-0.2, -0.15) is 87.8 Å². The predicted molar refractivity (Wildman–Crippen MR) is 71.7 cm³/mol. The van der Waals surface area contributed by atoms with E-state index >= 15 is 0 Å². The number of methoxy groups -OCH3 is 1. The lowest BCUT2D eigenvalue weighted by Gasteiger charge is -2.45. The molecule has 0 aromatic rings. The number of esters is 1. The number of alkyl halides is 21. The molecule has 0 aromatic carbocycles. The molecular weight excluding hydrogens is 599 g/mol. The molecule has 0 fully saturated rings. The van der Waals surface area contributed by atoms with Gasteiger partial charge in [0, 0.05) is 0 Å². The molecule has 0 aliphatic heterocycles. The van der Waals surface area contributed by atoms with Crippen LogP contribution in [-0.2, 0) is 9.53 Å². The maximum atomic E-state index is 14.3. The number of hydrogen-bond acceptors (Lipinski definition) is 2. The molecule has 2 nitrogen and oxygen atoms in total. The zero-order valence-corrected chi connectivity index (χ0v) is 16.5. The fraction of sp³-hybridized carbons (Fsp3) is 0.786. The van der Waals surface area contributed by atoms with Gasteiger partial charge in [0.1, 0.15) is 0 Å². The van der Waals surface area contributed by atoms with Crippen LogP contribution in [0.2, 0.25) is 0 Å². The first-order chi connectivity index (χ1) is 15.6. The Morgan fingerprint density at radius 2 is 0.703 bits per heavy atom. The van der Waals surface area contributed by atoms with Gasteiger partial charge in [0.2, 0.25) is 0 Å². The minimum Gasteiger partial charge on any atom is -0.466 e. The third-order valence-corrected chi connectivity index (χ3v) is 4.39. The van der Waals surface area contributed by atoms with E-state index in [2.05, 4.69) is 4.74 Å². The van der Waals surface area contributed by atoms with Gasteiger partial charge in [-0.3, -0.25) is 0 Å². The van der Waals surface area contributed by atoms with Crippen molar-refractivity contribution in [2.75, 3.05) is 7.11 Å². The van der Waals surface area contributed by atoms with Crippen LogP contribution in [0.15, 0.2) is 12.2 Å². The molecule has 220 valence electrons. The van der Waals surface area contributed by atoms with Crippen molar-refractivity contribution in [2.24, 2.45) is 0 Å². The summed E-state index contributed by atoms with van der Waals surface area (Å²) in [7, 11) is -0.118. The molecule has 0 rings (SSSR count). The van der Waals surface area contributed by atoms with Crippen molar-refractivity contribution in [1.29, 1.82) is 0 Å². The maximum absolute atomic E-state index is 14.3. The summed E-state index contributed by atoms with van der Waals surface area (Å²) in [6.45, 7) is 1.53. The van der Waals surface area contributed by atoms with Gasteiger partial charge in [-0.05, 0) is 0 Å². The quantitative estimate of drug-likeness (QED) is 0.161. The van der Waals surface area contributed by atoms with Crippen LogP contribution in [0.4, 0.5) is 92.2 Å². The van der Waals surface area contributed by atoms with Gasteiger partial charge in [-0.25, -0.2) is 9.18 Å². The van der Waals surface area contributed by atoms with E-state index < -0.39 is 71.0 Å². The van der Waals surface area contributed by atoms with E-state index in [1.807, 2.05) is 0 Å². The van der Waals surface area contributed by atoms with E-state index in [0.717, 1.165) is 0 Å². The van der Waals surface area contributed by atoms with Gasteiger partial charge in [0.15, 0.2) is 0 Å². The van der Waals surface area contributed by atoms with E-state index in [-0.39, 0.29) is 7.11 Å². The molecule has 1 unspecified atom stereocenters. The Kier molecular flexibility index (Phi) is 8.10. The third kappa shape index (κ3) is 4.13. The average Bonchev–Trinajstić information content (AvgIpc) is 2.68. The maximum Gasteiger partial charge on any atom is 0.460 e. The summed E-state index contributed by atoms with van der Waals surface area (Å²) in [4.78, 5) is 10.9. The smallest absolute Gasteiger partial charge is 0.460 e. The molecule has 0 saturated heterocycles. The number of halogens is 21. The summed E-state index contributed by atoms with van der Waals surface area (Å²) < 4.78 is 280. The van der Waals surface area contributed by atoms with Crippen LogP contribution in [0.1, 0.15) is 0 Å². The van der Waals surface area contributed by atoms with Gasteiger partial charge in [0.25, 0.3) is 0 Å². The molecule has 0 N–H and O–H groups in total. The van der Waals surface area contributed by atoms with E-state index in [4.69, 9.17) is 0 Å². The van der Waals surface area contributed by atoms with E-state index in [1.54, 1.807) is 0 Å². The Bertz CT molecular complexity index is 894. The molecule has 0 aliphatic rings. The second-order valence-electron chi connectivity index (χ2n) is 6.64. The Hall–Kier alpha value is -2.26. The van der Waals surface area contributed by atoms with Crippen LogP contribution in [0.3, 0.4) is 0 Å². The minimum absolute atomic E-state index is 0.118. The lowest BCUT2D eigenvalue weighted by Crippen LogP contribution is -2.77. The molecule has 0 radical (unpaired) electrons. The second kappa shape index (κ2) is 8.63. The number of ether oxygens (including phenoxy) is 1. The first-order valence-corrected chi connectivity index (χ1v) is 7.89. The molecule has 0 bridgehead atoms. The van der Waals surface area contributed by atoms with Crippen molar-refractivity contribution in [3.05, 3.63) is 12.2 Å². The highest BCUT2D eigenvalue weighted by atomic mass is 19.4. The van der Waals surface area contributed by atoms with Crippen molar-refractivity contribution < 1.29 is 102 Å². The molecule has 0 aromatic heterocycles. The summed E-state index contributed by atoms with van der Waals surface area (Å²) in [5, 5.41) is 0. The normalized spacial score (nSPS) is 17.4. The van der Waals surface area contributed by atoms with Crippen LogP contribution < -0.4 is 0 Å². The Balaban J connectivity index is 7.41. The number of carbonyl (C=O) groups excluding carboxylic acids is 1. The van der Waals surface area contributed by atoms with Gasteiger partial charge in [-0.1, -0.05) is 6.58 Å². The molecule has 0 saturated carbocycles. The number of hydrogen-bond donors (Lipinski definition) is 0. The fourth-order valence-electron chi connectivity index (χ4n) is 2.18. The molecule has 37 heavy (non-hydrogen) atoms. The van der Waals surface area contributed by atoms with Crippen molar-refractivity contribution in [2.45, 2.75) is 59.5 Å².